The van der Waals surface area contributed by atoms with Crippen molar-refractivity contribution in [3.05, 3.63) is 34.2 Å². The summed E-state index contributed by atoms with van der Waals surface area (Å²) >= 11 is 0. The molecule has 1 aromatic heterocycles. The van der Waals surface area contributed by atoms with Crippen molar-refractivity contribution < 1.29 is 5.11 Å². The fourth-order valence-corrected chi connectivity index (χ4v) is 2.21. The number of hydrogen-bond acceptors (Lipinski definition) is 3. The lowest BCUT2D eigenvalue weighted by molar-refractivity contribution is 0.110. The average Bonchev–Trinajstić information content (AvgIpc) is 2.82. The van der Waals surface area contributed by atoms with E-state index in [0.717, 1.165) is 23.0 Å². The largest absolute Gasteiger partial charge is 0.392 e. The Kier molecular flexibility index (Phi) is 4.62. The van der Waals surface area contributed by atoms with Gasteiger partial charge in [0.05, 0.1) is 17.1 Å². The van der Waals surface area contributed by atoms with Crippen LogP contribution in [-0.4, -0.2) is 27.7 Å². The van der Waals surface area contributed by atoms with Crippen LogP contribution in [-0.2, 0) is 0 Å². The van der Waals surface area contributed by atoms with E-state index in [1.54, 1.807) is 0 Å². The van der Waals surface area contributed by atoms with Gasteiger partial charge in [-0.1, -0.05) is 26.3 Å². The maximum atomic E-state index is 11.2. The van der Waals surface area contributed by atoms with E-state index in [2.05, 4.69) is 29.1 Å². The molecule has 0 saturated heterocycles. The third-order valence-corrected chi connectivity index (χ3v) is 3.97. The molecular weight excluding hydrogens is 254 g/mol. The summed E-state index contributed by atoms with van der Waals surface area (Å²) in [4.78, 5) is 16.7. The summed E-state index contributed by atoms with van der Waals surface area (Å²) in [7, 11) is 0. The van der Waals surface area contributed by atoms with Gasteiger partial charge in [-0.3, -0.25) is 0 Å². The Morgan fingerprint density at radius 3 is 2.65 bits per heavy atom. The number of H-pyrrole nitrogens is 2. The topological polar surface area (TPSA) is 80.9 Å². The first-order valence-electron chi connectivity index (χ1n) is 7.14. The second-order valence-electron chi connectivity index (χ2n) is 5.47. The number of aromatic nitrogens is 2. The number of nitrogens with one attached hydrogen (secondary N) is 3. The lowest BCUT2D eigenvalue weighted by Crippen LogP contribution is -2.33. The zero-order chi connectivity index (χ0) is 14.7. The number of aromatic amines is 2. The van der Waals surface area contributed by atoms with Crippen LogP contribution >= 0.6 is 0 Å². The molecule has 0 amide bonds. The third-order valence-electron chi connectivity index (χ3n) is 3.97. The molecule has 0 aliphatic rings. The van der Waals surface area contributed by atoms with Crippen molar-refractivity contribution in [3.8, 4) is 0 Å². The van der Waals surface area contributed by atoms with Crippen molar-refractivity contribution in [1.29, 1.82) is 0 Å². The fraction of sp³-hybridized carbons (Fsp3) is 0.533. The van der Waals surface area contributed by atoms with E-state index in [1.165, 1.54) is 0 Å². The molecule has 0 aliphatic heterocycles. The molecule has 0 radical (unpaired) electrons. The molecule has 1 heterocycles. The quantitative estimate of drug-likeness (QED) is 0.651. The molecule has 3 atom stereocenters. The third kappa shape index (κ3) is 3.29. The van der Waals surface area contributed by atoms with Gasteiger partial charge >= 0.3 is 5.69 Å². The number of benzene rings is 1. The predicted molar refractivity (Wildman–Crippen MR) is 80.8 cm³/mol. The first-order valence-corrected chi connectivity index (χ1v) is 7.14. The van der Waals surface area contributed by atoms with Crippen molar-refractivity contribution in [1.82, 2.24) is 15.3 Å². The van der Waals surface area contributed by atoms with Gasteiger partial charge in [0.15, 0.2) is 0 Å². The van der Waals surface area contributed by atoms with Crippen LogP contribution in [0.4, 0.5) is 0 Å². The molecule has 5 nitrogen and oxygen atoms in total. The van der Waals surface area contributed by atoms with Crippen LogP contribution < -0.4 is 11.0 Å². The van der Waals surface area contributed by atoms with E-state index in [4.69, 9.17) is 0 Å². The lowest BCUT2D eigenvalue weighted by Gasteiger charge is -2.21. The minimum absolute atomic E-state index is 0.122. The zero-order valence-corrected chi connectivity index (χ0v) is 12.2. The van der Waals surface area contributed by atoms with Crippen molar-refractivity contribution in [2.75, 3.05) is 6.54 Å². The van der Waals surface area contributed by atoms with Crippen molar-refractivity contribution in [2.24, 2.45) is 5.92 Å². The Morgan fingerprint density at radius 1 is 1.25 bits per heavy atom. The second kappa shape index (κ2) is 6.24. The predicted octanol–water partition coefficient (Wildman–Crippen LogP) is 1.91. The van der Waals surface area contributed by atoms with Crippen molar-refractivity contribution in [3.63, 3.8) is 0 Å². The minimum Gasteiger partial charge on any atom is -0.392 e. The maximum absolute atomic E-state index is 11.2. The molecule has 2 aromatic rings. The summed E-state index contributed by atoms with van der Waals surface area (Å²) in [6, 6.07) is 5.96. The van der Waals surface area contributed by atoms with Crippen molar-refractivity contribution >= 4 is 11.0 Å². The lowest BCUT2D eigenvalue weighted by atomic mass is 10.0. The molecule has 1 aromatic carbocycles. The normalized spacial score (nSPS) is 16.2. The Bertz CT molecular complexity index is 617. The van der Waals surface area contributed by atoms with Crippen LogP contribution in [0.1, 0.15) is 38.8 Å². The zero-order valence-electron chi connectivity index (χ0n) is 12.2. The number of imidazole rings is 1. The smallest absolute Gasteiger partial charge is 0.323 e. The van der Waals surface area contributed by atoms with E-state index in [-0.39, 0.29) is 17.8 Å². The van der Waals surface area contributed by atoms with Crippen molar-refractivity contribution in [2.45, 2.75) is 39.3 Å². The molecule has 2 rings (SSSR count). The highest BCUT2D eigenvalue weighted by Crippen LogP contribution is 2.17. The van der Waals surface area contributed by atoms with Gasteiger partial charge in [0.1, 0.15) is 0 Å². The van der Waals surface area contributed by atoms with E-state index in [0.29, 0.717) is 12.5 Å². The molecule has 4 N–H and O–H groups in total. The van der Waals surface area contributed by atoms with Crippen LogP contribution in [0.3, 0.4) is 0 Å². The summed E-state index contributed by atoms with van der Waals surface area (Å²) in [5.41, 5.74) is 2.52. The monoisotopic (exact) mass is 277 g/mol. The minimum atomic E-state index is -0.335. The Balaban J connectivity index is 2.03. The van der Waals surface area contributed by atoms with Gasteiger partial charge < -0.3 is 20.4 Å². The number of aliphatic hydroxyl groups is 1. The number of rotatable bonds is 6. The molecule has 0 bridgehead atoms. The van der Waals surface area contributed by atoms with E-state index in [1.807, 2.05) is 25.1 Å². The Morgan fingerprint density at radius 2 is 1.95 bits per heavy atom. The highest BCUT2D eigenvalue weighted by atomic mass is 16.3. The fourth-order valence-electron chi connectivity index (χ4n) is 2.21. The molecule has 0 saturated carbocycles. The van der Waals surface area contributed by atoms with E-state index >= 15 is 0 Å². The summed E-state index contributed by atoms with van der Waals surface area (Å²) in [6.07, 6.45) is 0.631. The van der Waals surface area contributed by atoms with E-state index in [9.17, 15) is 9.90 Å². The van der Waals surface area contributed by atoms with Gasteiger partial charge in [-0.15, -0.1) is 0 Å². The van der Waals surface area contributed by atoms with Gasteiger partial charge in [0.25, 0.3) is 0 Å². The van der Waals surface area contributed by atoms with Crippen LogP contribution in [0.2, 0.25) is 0 Å². The number of fused-ring (bicyclic) bond motifs is 1. The molecule has 0 aliphatic carbocycles. The standard InChI is InChI=1S/C15H23N3O2/c1-4-9(2)14(19)8-16-10(3)11-5-6-12-13(7-11)18-15(20)17-12/h5-7,9-10,14,16,19H,4,8H2,1-3H3,(H2,17,18,20). The summed E-state index contributed by atoms with van der Waals surface area (Å²) in [5, 5.41) is 13.3. The molecular formula is C15H23N3O2. The van der Waals surface area contributed by atoms with Gasteiger partial charge in [-0.05, 0) is 30.5 Å². The second-order valence-corrected chi connectivity index (χ2v) is 5.47. The number of aliphatic hydroxyl groups excluding tert-OH is 1. The van der Waals surface area contributed by atoms with E-state index < -0.39 is 0 Å². The van der Waals surface area contributed by atoms with Crippen LogP contribution in [0, 0.1) is 5.92 Å². The highest BCUT2D eigenvalue weighted by molar-refractivity contribution is 5.75. The number of hydrogen-bond donors (Lipinski definition) is 4. The van der Waals surface area contributed by atoms with Gasteiger partial charge in [0, 0.05) is 12.6 Å². The molecule has 110 valence electrons. The first kappa shape index (κ1) is 14.8. The van der Waals surface area contributed by atoms with Crippen LogP contribution in [0.25, 0.3) is 11.0 Å². The molecule has 0 spiro atoms. The summed E-state index contributed by atoms with van der Waals surface area (Å²) < 4.78 is 0. The van der Waals surface area contributed by atoms with Crippen LogP contribution in [0.15, 0.2) is 23.0 Å². The maximum Gasteiger partial charge on any atom is 0.323 e. The van der Waals surface area contributed by atoms with Gasteiger partial charge in [-0.2, -0.15) is 0 Å². The summed E-state index contributed by atoms with van der Waals surface area (Å²) in [5.74, 6) is 0.290. The average molecular weight is 277 g/mol. The Labute approximate surface area is 118 Å². The molecule has 0 fully saturated rings. The molecule has 5 heteroatoms. The highest BCUT2D eigenvalue weighted by Gasteiger charge is 2.14. The van der Waals surface area contributed by atoms with Gasteiger partial charge in [0.2, 0.25) is 0 Å². The molecule has 20 heavy (non-hydrogen) atoms. The first-order chi connectivity index (χ1) is 9.51. The molecule has 3 unspecified atom stereocenters. The van der Waals surface area contributed by atoms with Crippen LogP contribution in [0.5, 0.6) is 0 Å². The summed E-state index contributed by atoms with van der Waals surface area (Å²) in [6.45, 7) is 6.74. The SMILES string of the molecule is CCC(C)C(O)CNC(C)c1ccc2[nH]c(=O)[nH]c2c1. The Hall–Kier alpha value is -1.59. The van der Waals surface area contributed by atoms with Gasteiger partial charge in [-0.25, -0.2) is 4.79 Å².